The molecule has 0 unspecified atom stereocenters. The molecule has 0 spiro atoms. The zero-order valence-corrected chi connectivity index (χ0v) is 13.1. The second-order valence-corrected chi connectivity index (χ2v) is 5.78. The summed E-state index contributed by atoms with van der Waals surface area (Å²) >= 11 is 1.43. The fourth-order valence-electron chi connectivity index (χ4n) is 2.27. The van der Waals surface area contributed by atoms with E-state index in [1.165, 1.54) is 23.1 Å². The van der Waals surface area contributed by atoms with E-state index in [9.17, 15) is 9.90 Å². The fraction of sp³-hybridized carbons (Fsp3) is 0.188. The molecule has 1 aromatic carbocycles. The van der Waals surface area contributed by atoms with Crippen LogP contribution in [-0.2, 0) is 6.42 Å². The molecule has 3 aromatic rings. The summed E-state index contributed by atoms with van der Waals surface area (Å²) in [6.07, 6.45) is 1.86. The first kappa shape index (κ1) is 14.5. The molecule has 0 N–H and O–H groups in total. The highest BCUT2D eigenvalue weighted by molar-refractivity contribution is 7.12. The van der Waals surface area contributed by atoms with E-state index in [1.54, 1.807) is 4.68 Å². The summed E-state index contributed by atoms with van der Waals surface area (Å²) in [6.45, 7) is 3.92. The summed E-state index contributed by atoms with van der Waals surface area (Å²) in [5.41, 5.74) is 3.79. The van der Waals surface area contributed by atoms with E-state index in [1.807, 2.05) is 43.5 Å². The number of carbonyl (C=O) groups excluding carboxylic acids is 1. The molecule has 0 radical (unpaired) electrons. The molecule has 6 heteroatoms. The average molecular weight is 312 g/mol. The third-order valence-corrected chi connectivity index (χ3v) is 4.26. The van der Waals surface area contributed by atoms with E-state index >= 15 is 0 Å². The van der Waals surface area contributed by atoms with Gasteiger partial charge in [0.25, 0.3) is 0 Å². The number of carboxylic acid groups (broad SMARTS) is 1. The lowest BCUT2D eigenvalue weighted by Crippen LogP contribution is -2.23. The molecule has 2 aromatic heterocycles. The van der Waals surface area contributed by atoms with Gasteiger partial charge in [-0.1, -0.05) is 36.8 Å². The lowest BCUT2D eigenvalue weighted by atomic mass is 10.1. The molecule has 112 valence electrons. The SMILES string of the molecule is CCc1c(C(=O)[O-])cnn1-c1nc(-c2ccc(C)cc2)cs1. The van der Waals surface area contributed by atoms with Crippen molar-refractivity contribution in [1.82, 2.24) is 14.8 Å². The van der Waals surface area contributed by atoms with Gasteiger partial charge in [0.05, 0.1) is 23.6 Å². The Balaban J connectivity index is 2.01. The van der Waals surface area contributed by atoms with Gasteiger partial charge in [0.1, 0.15) is 0 Å². The quantitative estimate of drug-likeness (QED) is 0.740. The van der Waals surface area contributed by atoms with E-state index in [0.717, 1.165) is 11.3 Å². The molecule has 0 amide bonds. The predicted octanol–water partition coefficient (Wildman–Crippen LogP) is 2.23. The molecule has 0 bridgehead atoms. The van der Waals surface area contributed by atoms with Crippen molar-refractivity contribution in [2.45, 2.75) is 20.3 Å². The molecule has 0 aliphatic carbocycles. The van der Waals surface area contributed by atoms with Crippen LogP contribution in [0.2, 0.25) is 0 Å². The maximum atomic E-state index is 11.1. The number of rotatable bonds is 4. The second kappa shape index (κ2) is 5.73. The van der Waals surface area contributed by atoms with Crippen LogP contribution in [0.25, 0.3) is 16.4 Å². The Morgan fingerprint density at radius 2 is 2.05 bits per heavy atom. The third kappa shape index (κ3) is 2.53. The number of benzene rings is 1. The Hall–Kier alpha value is -2.47. The highest BCUT2D eigenvalue weighted by Crippen LogP contribution is 2.25. The molecular formula is C16H14N3O2S-. The summed E-state index contributed by atoms with van der Waals surface area (Å²) in [6, 6.07) is 8.11. The van der Waals surface area contributed by atoms with Gasteiger partial charge in [0.2, 0.25) is 5.13 Å². The van der Waals surface area contributed by atoms with Gasteiger partial charge < -0.3 is 9.90 Å². The number of aromatic carboxylic acids is 1. The number of carbonyl (C=O) groups is 1. The van der Waals surface area contributed by atoms with Crippen LogP contribution in [0.4, 0.5) is 0 Å². The van der Waals surface area contributed by atoms with E-state index in [-0.39, 0.29) is 5.56 Å². The van der Waals surface area contributed by atoms with Crippen molar-refractivity contribution < 1.29 is 9.90 Å². The molecule has 2 heterocycles. The Bertz CT molecular complexity index is 818. The maximum Gasteiger partial charge on any atom is 0.211 e. The smallest absolute Gasteiger partial charge is 0.211 e. The predicted molar refractivity (Wildman–Crippen MR) is 83.1 cm³/mol. The van der Waals surface area contributed by atoms with Crippen molar-refractivity contribution in [3.05, 3.63) is 52.7 Å². The minimum atomic E-state index is -1.21. The molecule has 0 saturated carbocycles. The zero-order chi connectivity index (χ0) is 15.7. The minimum absolute atomic E-state index is 0.120. The van der Waals surface area contributed by atoms with E-state index in [2.05, 4.69) is 10.1 Å². The van der Waals surface area contributed by atoms with Gasteiger partial charge in [-0.25, -0.2) is 9.67 Å². The van der Waals surface area contributed by atoms with Crippen LogP contribution in [0.3, 0.4) is 0 Å². The van der Waals surface area contributed by atoms with Crippen molar-refractivity contribution in [2.24, 2.45) is 0 Å². The summed E-state index contributed by atoms with van der Waals surface area (Å²) in [4.78, 5) is 15.7. The Labute approximate surface area is 131 Å². The standard InChI is InChI=1S/C16H15N3O2S/c1-3-14-12(15(20)21)8-17-19(14)16-18-13(9-22-16)11-6-4-10(2)5-7-11/h4-9H,3H2,1-2H3,(H,20,21)/p-1. The number of nitrogens with zero attached hydrogens (tertiary/aromatic N) is 3. The normalized spacial score (nSPS) is 10.8. The number of hydrogen-bond acceptors (Lipinski definition) is 5. The van der Waals surface area contributed by atoms with Crippen LogP contribution in [0.15, 0.2) is 35.8 Å². The van der Waals surface area contributed by atoms with Crippen LogP contribution in [0.1, 0.15) is 28.5 Å². The second-order valence-electron chi connectivity index (χ2n) is 4.94. The number of carboxylic acids is 1. The van der Waals surface area contributed by atoms with Crippen LogP contribution < -0.4 is 5.11 Å². The molecule has 0 aliphatic rings. The van der Waals surface area contributed by atoms with Crippen LogP contribution in [-0.4, -0.2) is 20.7 Å². The Morgan fingerprint density at radius 3 is 2.68 bits per heavy atom. The lowest BCUT2D eigenvalue weighted by molar-refractivity contribution is -0.255. The average Bonchev–Trinajstić information content (AvgIpc) is 3.14. The number of aromatic nitrogens is 3. The van der Waals surface area contributed by atoms with Crippen LogP contribution in [0.5, 0.6) is 0 Å². The summed E-state index contributed by atoms with van der Waals surface area (Å²) in [5.74, 6) is -1.21. The minimum Gasteiger partial charge on any atom is -0.545 e. The van der Waals surface area contributed by atoms with E-state index in [0.29, 0.717) is 17.2 Å². The van der Waals surface area contributed by atoms with E-state index in [4.69, 9.17) is 0 Å². The van der Waals surface area contributed by atoms with E-state index < -0.39 is 5.97 Å². The van der Waals surface area contributed by atoms with Crippen molar-refractivity contribution in [3.8, 4) is 16.4 Å². The monoisotopic (exact) mass is 312 g/mol. The number of aryl methyl sites for hydroxylation is 1. The molecule has 0 fully saturated rings. The van der Waals surface area contributed by atoms with Gasteiger partial charge in [-0.15, -0.1) is 11.3 Å². The largest absolute Gasteiger partial charge is 0.545 e. The molecule has 5 nitrogen and oxygen atoms in total. The molecule has 3 rings (SSSR count). The molecule has 22 heavy (non-hydrogen) atoms. The Kier molecular flexibility index (Phi) is 3.77. The Morgan fingerprint density at radius 1 is 1.32 bits per heavy atom. The fourth-order valence-corrected chi connectivity index (χ4v) is 3.08. The highest BCUT2D eigenvalue weighted by Gasteiger charge is 2.14. The summed E-state index contributed by atoms with van der Waals surface area (Å²) in [7, 11) is 0. The first-order valence-electron chi connectivity index (χ1n) is 6.91. The molecule has 0 atom stereocenters. The number of thiazole rings is 1. The van der Waals surface area contributed by atoms with Crippen molar-refractivity contribution in [3.63, 3.8) is 0 Å². The first-order valence-corrected chi connectivity index (χ1v) is 7.79. The summed E-state index contributed by atoms with van der Waals surface area (Å²) in [5, 5.41) is 17.8. The van der Waals surface area contributed by atoms with Gasteiger partial charge >= 0.3 is 0 Å². The molecule has 0 saturated heterocycles. The molecular weight excluding hydrogens is 298 g/mol. The number of hydrogen-bond donors (Lipinski definition) is 0. The van der Waals surface area contributed by atoms with Gasteiger partial charge in [-0.3, -0.25) is 0 Å². The topological polar surface area (TPSA) is 70.8 Å². The van der Waals surface area contributed by atoms with Crippen molar-refractivity contribution in [2.75, 3.05) is 0 Å². The van der Waals surface area contributed by atoms with Gasteiger partial charge in [0, 0.05) is 16.5 Å². The van der Waals surface area contributed by atoms with Crippen LogP contribution >= 0.6 is 11.3 Å². The zero-order valence-electron chi connectivity index (χ0n) is 12.2. The first-order chi connectivity index (χ1) is 10.6. The van der Waals surface area contributed by atoms with Gasteiger partial charge in [-0.2, -0.15) is 5.10 Å². The highest BCUT2D eigenvalue weighted by atomic mass is 32.1. The summed E-state index contributed by atoms with van der Waals surface area (Å²) < 4.78 is 1.58. The van der Waals surface area contributed by atoms with Crippen molar-refractivity contribution >= 4 is 17.3 Å². The van der Waals surface area contributed by atoms with Gasteiger partial charge in [0.15, 0.2) is 0 Å². The van der Waals surface area contributed by atoms with Crippen molar-refractivity contribution in [1.29, 1.82) is 0 Å². The maximum absolute atomic E-state index is 11.1. The van der Waals surface area contributed by atoms with Gasteiger partial charge in [-0.05, 0) is 13.3 Å². The molecule has 0 aliphatic heterocycles. The van der Waals surface area contributed by atoms with Crippen LogP contribution in [0, 0.1) is 6.92 Å². The lowest BCUT2D eigenvalue weighted by Gasteiger charge is -2.05. The third-order valence-electron chi connectivity index (χ3n) is 3.44.